The quantitative estimate of drug-likeness (QED) is 0.327. The van der Waals surface area contributed by atoms with E-state index in [4.69, 9.17) is 24.7 Å². The number of fused-ring (bicyclic) bond motifs is 1. The maximum atomic E-state index is 12.9. The number of nitrogens with zero attached hydrogens (tertiary/aromatic N) is 1. The maximum Gasteiger partial charge on any atom is 0.407 e. The van der Waals surface area contributed by atoms with Crippen molar-refractivity contribution in [3.8, 4) is 5.75 Å². The molecule has 10 heteroatoms. The van der Waals surface area contributed by atoms with E-state index in [2.05, 4.69) is 24.1 Å². The predicted molar refractivity (Wildman–Crippen MR) is 144 cm³/mol. The van der Waals surface area contributed by atoms with E-state index in [1.54, 1.807) is 13.2 Å². The summed E-state index contributed by atoms with van der Waals surface area (Å²) < 4.78 is 22.1. The van der Waals surface area contributed by atoms with Gasteiger partial charge in [0, 0.05) is 32.5 Å². The summed E-state index contributed by atoms with van der Waals surface area (Å²) in [5.41, 5.74) is 10.3. The summed E-state index contributed by atoms with van der Waals surface area (Å²) in [7, 11) is 1.56. The van der Waals surface area contributed by atoms with Crippen LogP contribution in [0.5, 0.6) is 5.75 Å². The summed E-state index contributed by atoms with van der Waals surface area (Å²) in [6, 6.07) is 14.8. The Kier molecular flexibility index (Phi) is 10.5. The number of methoxy groups -OCH3 is 1. The van der Waals surface area contributed by atoms with E-state index in [1.807, 2.05) is 42.5 Å². The Labute approximate surface area is 225 Å². The van der Waals surface area contributed by atoms with Gasteiger partial charge in [-0.3, -0.25) is 4.90 Å². The number of amides is 1. The second-order valence-corrected chi connectivity index (χ2v) is 10.7. The smallest absolute Gasteiger partial charge is 0.407 e. The first-order valence-corrected chi connectivity index (χ1v) is 13.3. The van der Waals surface area contributed by atoms with Crippen LogP contribution < -0.4 is 10.1 Å². The van der Waals surface area contributed by atoms with Crippen LogP contribution in [0, 0.1) is 5.92 Å². The molecule has 39 heavy (non-hydrogen) atoms. The van der Waals surface area contributed by atoms with E-state index in [0.29, 0.717) is 56.5 Å². The van der Waals surface area contributed by atoms with Crippen LogP contribution in [-0.2, 0) is 27.2 Å². The first-order valence-electron chi connectivity index (χ1n) is 13.3. The van der Waals surface area contributed by atoms with Crippen molar-refractivity contribution < 1.29 is 28.8 Å². The zero-order chi connectivity index (χ0) is 27.1. The van der Waals surface area contributed by atoms with Gasteiger partial charge in [0.15, 0.2) is 0 Å². The first kappa shape index (κ1) is 29.7. The van der Waals surface area contributed by atoms with E-state index < -0.39 is 18.2 Å². The van der Waals surface area contributed by atoms with Gasteiger partial charge in [-0.05, 0) is 29.5 Å². The minimum absolute atomic E-state index is 0. The molecule has 1 amide bonds. The minimum Gasteiger partial charge on any atom is -0.696 e. The van der Waals surface area contributed by atoms with Gasteiger partial charge in [0.05, 0.1) is 31.5 Å². The van der Waals surface area contributed by atoms with E-state index in [-0.39, 0.29) is 18.3 Å². The summed E-state index contributed by atoms with van der Waals surface area (Å²) in [6.45, 7) is 6.26. The van der Waals surface area contributed by atoms with Crippen molar-refractivity contribution >= 4 is 11.8 Å². The van der Waals surface area contributed by atoms with Crippen LogP contribution in [-0.4, -0.2) is 73.5 Å². The van der Waals surface area contributed by atoms with Gasteiger partial charge in [-0.15, -0.1) is 0 Å². The molecule has 1 aliphatic heterocycles. The third-order valence-electron chi connectivity index (χ3n) is 7.05. The van der Waals surface area contributed by atoms with Crippen LogP contribution in [0.15, 0.2) is 48.5 Å². The molecule has 2 aliphatic rings. The number of rotatable bonds is 12. The van der Waals surface area contributed by atoms with Crippen molar-refractivity contribution in [2.45, 2.75) is 70.1 Å². The molecule has 9 nitrogen and oxygen atoms in total. The van der Waals surface area contributed by atoms with E-state index in [0.717, 1.165) is 17.7 Å². The van der Waals surface area contributed by atoms with Crippen LogP contribution in [0.1, 0.15) is 37.8 Å². The van der Waals surface area contributed by atoms with Crippen LogP contribution in [0.3, 0.4) is 0 Å². The number of carbonyl (C=O) groups is 1. The van der Waals surface area contributed by atoms with Crippen molar-refractivity contribution in [2.75, 3.05) is 27.0 Å². The molecule has 1 saturated heterocycles. The van der Waals surface area contributed by atoms with Gasteiger partial charge in [-0.2, -0.15) is 0 Å². The fraction of sp³-hybridized carbons (Fsp3) is 0.552. The molecule has 210 valence electrons. The fourth-order valence-corrected chi connectivity index (χ4v) is 5.27. The standard InChI is InChI=1S/C29H40N3O6.Rf/c1-19(2)15-32(16-21-9-10-23(30)26(12-21)35-3)17-25(33)24(11-20-7-5-4-6-8-20)31-29(34)38-22-13-27-28(14-22)37-18-36-27;/h4-10,12,19,22,24-25,27-28,30,33H,11,13-18H2,1-3H3,(H,31,34);/q-1;/t22?,24-,25+,27-,28+;/m0./s1. The number of hydrogen-bond acceptors (Lipinski definition) is 7. The van der Waals surface area contributed by atoms with Crippen LogP contribution in [0.4, 0.5) is 10.5 Å². The third kappa shape index (κ3) is 8.32. The molecule has 5 atom stereocenters. The molecule has 1 heterocycles. The van der Waals surface area contributed by atoms with E-state index in [1.165, 1.54) is 0 Å². The number of aliphatic hydroxyl groups excluding tert-OH is 1. The normalized spacial score (nSPS) is 21.7. The Balaban J connectivity index is 0.00000420. The Morgan fingerprint density at radius 1 is 1.10 bits per heavy atom. The van der Waals surface area contributed by atoms with Crippen LogP contribution >= 0.6 is 0 Å². The fourth-order valence-electron chi connectivity index (χ4n) is 5.27. The average Bonchev–Trinajstić information content (AvgIpc) is 3.47. The van der Waals surface area contributed by atoms with E-state index >= 15 is 0 Å². The summed E-state index contributed by atoms with van der Waals surface area (Å²) >= 11 is 0. The molecule has 1 aliphatic carbocycles. The molecule has 2 aromatic rings. The topological polar surface area (TPSA) is 113 Å². The molecule has 4 rings (SSSR count). The Morgan fingerprint density at radius 3 is 2.44 bits per heavy atom. The zero-order valence-electron chi connectivity index (χ0n) is 23.2. The minimum atomic E-state index is -0.839. The van der Waals surface area contributed by atoms with Crippen LogP contribution in [0.2, 0.25) is 0 Å². The zero-order valence-corrected chi connectivity index (χ0v) is 29.6. The third-order valence-corrected chi connectivity index (χ3v) is 7.05. The predicted octanol–water partition coefficient (Wildman–Crippen LogP) is 4.44. The van der Waals surface area contributed by atoms with Gasteiger partial charge < -0.3 is 35.1 Å². The second-order valence-electron chi connectivity index (χ2n) is 10.7. The Bertz CT molecular complexity index is 1030. The van der Waals surface area contributed by atoms with Crippen molar-refractivity contribution in [3.63, 3.8) is 0 Å². The van der Waals surface area contributed by atoms with Crippen molar-refractivity contribution in [1.29, 1.82) is 0 Å². The van der Waals surface area contributed by atoms with Crippen molar-refractivity contribution in [3.05, 3.63) is 65.4 Å². The number of nitrogens with one attached hydrogen (secondary N) is 2. The van der Waals surface area contributed by atoms with Crippen molar-refractivity contribution in [2.24, 2.45) is 5.92 Å². The molecule has 2 fully saturated rings. The largest absolute Gasteiger partial charge is 0.696 e. The Morgan fingerprint density at radius 2 is 1.79 bits per heavy atom. The molecule has 0 aromatic heterocycles. The molecular weight excluding hydrogens is 753 g/mol. The molecule has 0 spiro atoms. The van der Waals surface area contributed by atoms with Gasteiger partial charge in [0.25, 0.3) is 0 Å². The summed E-state index contributed by atoms with van der Waals surface area (Å²) in [4.78, 5) is 15.1. The number of hydrogen-bond donors (Lipinski definition) is 2. The van der Waals surface area contributed by atoms with Crippen LogP contribution in [0.25, 0.3) is 5.73 Å². The van der Waals surface area contributed by atoms with E-state index in [9.17, 15) is 9.90 Å². The summed E-state index contributed by atoms with van der Waals surface area (Å²) in [5.74, 6) is 0.891. The van der Waals surface area contributed by atoms with Gasteiger partial charge in [0.2, 0.25) is 0 Å². The molecular formula is C29H40N3O6Rf-. The van der Waals surface area contributed by atoms with Gasteiger partial charge in [-0.25, -0.2) is 4.79 Å². The maximum absolute atomic E-state index is 12.9. The molecule has 0 radical (unpaired) electrons. The Hall–Kier alpha value is -3.85. The van der Waals surface area contributed by atoms with Gasteiger partial charge in [0.1, 0.15) is 18.6 Å². The van der Waals surface area contributed by atoms with Gasteiger partial charge in [-0.1, -0.05) is 62.0 Å². The summed E-state index contributed by atoms with van der Waals surface area (Å²) in [6.07, 6.45) is 0.00816. The molecule has 3 N–H and O–H groups in total. The number of alkyl carbamates (subject to hydrolysis) is 1. The van der Waals surface area contributed by atoms with Gasteiger partial charge >= 0.3 is 6.09 Å². The second kappa shape index (κ2) is 13.8. The summed E-state index contributed by atoms with van der Waals surface area (Å²) in [5, 5.41) is 14.4. The number of aliphatic hydroxyl groups is 1. The average molecular weight is 794 g/mol. The SMILES string of the molecule is COc1cc(CN(CC(C)C)C[C@@H](O)[C@H](Cc2ccccc2)NC(=O)OC2C[C@@H]3OCO[C@@H]3C2)ccc1[NH-].[Rf]. The molecule has 0 bridgehead atoms. The molecule has 1 unspecified atom stereocenters. The number of carbonyl (C=O) groups excluding carboxylic acids is 1. The number of benzene rings is 2. The monoisotopic (exact) mass is 793 g/mol. The first-order chi connectivity index (χ1) is 18.3. The molecule has 2 aromatic carbocycles. The number of ether oxygens (including phenoxy) is 4. The van der Waals surface area contributed by atoms with Crippen molar-refractivity contribution in [1.82, 2.24) is 10.2 Å². The molecule has 1 saturated carbocycles.